The number of imide groups is 1. The van der Waals surface area contributed by atoms with Crippen molar-refractivity contribution in [3.05, 3.63) is 18.7 Å². The summed E-state index contributed by atoms with van der Waals surface area (Å²) in [5.74, 6) is 0.179. The lowest BCUT2D eigenvalue weighted by Crippen LogP contribution is -2.35. The van der Waals surface area contributed by atoms with Gasteiger partial charge in [0, 0.05) is 6.54 Å². The third-order valence-corrected chi connectivity index (χ3v) is 10.1. The Kier molecular flexibility index (Phi) is 16.9. The smallest absolute Gasteiger partial charge is 0.263 e. The fraction of sp³-hybridized carbons (Fsp3) is 0.800. The first-order valence-electron chi connectivity index (χ1n) is 14.8. The third-order valence-electron chi connectivity index (χ3n) is 7.61. The van der Waals surface area contributed by atoms with E-state index in [1.807, 2.05) is 0 Å². The van der Waals surface area contributed by atoms with Gasteiger partial charge < -0.3 is 0 Å². The first kappa shape index (κ1) is 32.0. The maximum Gasteiger partial charge on any atom is 0.263 e. The molecule has 0 N–H and O–H groups in total. The highest BCUT2D eigenvalue weighted by molar-refractivity contribution is 9.12. The van der Waals surface area contributed by atoms with Crippen LogP contribution in [-0.4, -0.2) is 23.3 Å². The van der Waals surface area contributed by atoms with Crippen LogP contribution >= 0.6 is 43.2 Å². The summed E-state index contributed by atoms with van der Waals surface area (Å²) in [6.45, 7) is 5.11. The molecule has 0 saturated carbocycles. The monoisotopic (exact) mass is 645 g/mol. The molecule has 0 spiro atoms. The molecule has 0 bridgehead atoms. The van der Waals surface area contributed by atoms with E-state index in [-0.39, 0.29) is 11.8 Å². The number of rotatable bonds is 22. The van der Waals surface area contributed by atoms with Crippen molar-refractivity contribution in [3.63, 3.8) is 0 Å². The third kappa shape index (κ3) is 10.9. The fourth-order valence-corrected chi connectivity index (χ4v) is 8.46. The van der Waals surface area contributed by atoms with Gasteiger partial charge in [0.25, 0.3) is 11.8 Å². The standard InChI is InChI=1S/C30H49Br2NO2S/c1-3-5-7-9-11-13-14-16-18-20-22-24(21-19-17-15-12-10-8-6-4-2)23-33-29(34)25-26(30(33)35)28(32)36-27(25)31/h24H,3-23H2,1-2H3. The normalized spacial score (nSPS) is 14.2. The average molecular weight is 648 g/mol. The van der Waals surface area contributed by atoms with Crippen LogP contribution in [0.1, 0.15) is 163 Å². The van der Waals surface area contributed by atoms with E-state index in [1.165, 1.54) is 132 Å². The second-order valence-corrected chi connectivity index (χ2v) is 14.4. The minimum atomic E-state index is -0.118. The number of fused-ring (bicyclic) bond motifs is 1. The summed E-state index contributed by atoms with van der Waals surface area (Å²) in [6, 6.07) is 0. The first-order chi connectivity index (χ1) is 17.5. The minimum Gasteiger partial charge on any atom is -0.274 e. The Morgan fingerprint density at radius 1 is 0.583 bits per heavy atom. The van der Waals surface area contributed by atoms with E-state index in [4.69, 9.17) is 0 Å². The number of hydrogen-bond donors (Lipinski definition) is 0. The molecule has 0 aliphatic carbocycles. The molecule has 36 heavy (non-hydrogen) atoms. The summed E-state index contributed by atoms with van der Waals surface area (Å²) in [7, 11) is 0. The summed E-state index contributed by atoms with van der Waals surface area (Å²) in [4.78, 5) is 27.7. The number of hydrogen-bond acceptors (Lipinski definition) is 3. The van der Waals surface area contributed by atoms with E-state index in [1.54, 1.807) is 0 Å². The SMILES string of the molecule is CCCCCCCCCCCCC(CCCCCCCCCC)CN1C(=O)c2c(Br)sc(Br)c2C1=O. The van der Waals surface area contributed by atoms with Crippen LogP contribution in [0.15, 0.2) is 7.57 Å². The zero-order valence-corrected chi connectivity index (χ0v) is 26.8. The first-order valence-corrected chi connectivity index (χ1v) is 17.2. The van der Waals surface area contributed by atoms with Crippen molar-refractivity contribution >= 4 is 55.0 Å². The molecule has 1 aliphatic rings. The minimum absolute atomic E-state index is 0.118. The molecule has 0 saturated heterocycles. The average Bonchev–Trinajstić information content (AvgIpc) is 3.30. The molecular weight excluding hydrogens is 598 g/mol. The van der Waals surface area contributed by atoms with Gasteiger partial charge in [-0.1, -0.05) is 129 Å². The predicted molar refractivity (Wildman–Crippen MR) is 162 cm³/mol. The molecule has 1 unspecified atom stereocenters. The molecule has 2 rings (SSSR count). The van der Waals surface area contributed by atoms with Crippen molar-refractivity contribution in [2.45, 2.75) is 142 Å². The van der Waals surface area contributed by atoms with E-state index in [0.29, 0.717) is 23.6 Å². The summed E-state index contributed by atoms with van der Waals surface area (Å²) >= 11 is 8.40. The van der Waals surface area contributed by atoms with Crippen LogP contribution in [-0.2, 0) is 0 Å². The highest BCUT2D eigenvalue weighted by Gasteiger charge is 2.41. The van der Waals surface area contributed by atoms with Gasteiger partial charge in [0.05, 0.1) is 18.7 Å². The van der Waals surface area contributed by atoms with Gasteiger partial charge in [-0.3, -0.25) is 14.5 Å². The van der Waals surface area contributed by atoms with Crippen LogP contribution < -0.4 is 0 Å². The molecule has 0 aromatic carbocycles. The largest absolute Gasteiger partial charge is 0.274 e. The maximum atomic E-state index is 13.1. The van der Waals surface area contributed by atoms with Gasteiger partial charge in [0.2, 0.25) is 0 Å². The summed E-state index contributed by atoms with van der Waals surface area (Å²) in [6.07, 6.45) is 26.1. The lowest BCUT2D eigenvalue weighted by molar-refractivity contribution is 0.0621. The summed E-state index contributed by atoms with van der Waals surface area (Å²) < 4.78 is 1.53. The Morgan fingerprint density at radius 3 is 1.28 bits per heavy atom. The van der Waals surface area contributed by atoms with Crippen molar-refractivity contribution in [3.8, 4) is 0 Å². The number of nitrogens with zero attached hydrogens (tertiary/aromatic N) is 1. The molecule has 0 fully saturated rings. The van der Waals surface area contributed by atoms with Crippen molar-refractivity contribution < 1.29 is 9.59 Å². The maximum absolute atomic E-state index is 13.1. The molecule has 1 aromatic heterocycles. The quantitative estimate of drug-likeness (QED) is 0.0928. The highest BCUT2D eigenvalue weighted by Crippen LogP contribution is 2.42. The lowest BCUT2D eigenvalue weighted by atomic mass is 9.93. The summed E-state index contributed by atoms with van der Waals surface area (Å²) in [5, 5.41) is 0. The molecule has 1 atom stereocenters. The zero-order chi connectivity index (χ0) is 26.2. The van der Waals surface area contributed by atoms with E-state index in [2.05, 4.69) is 45.7 Å². The second-order valence-electron chi connectivity index (χ2n) is 10.7. The van der Waals surface area contributed by atoms with E-state index < -0.39 is 0 Å². The topological polar surface area (TPSA) is 37.4 Å². The molecular formula is C30H49Br2NO2S. The van der Waals surface area contributed by atoms with Gasteiger partial charge in [0.15, 0.2) is 0 Å². The Morgan fingerprint density at radius 2 is 0.917 bits per heavy atom. The van der Waals surface area contributed by atoms with Crippen molar-refractivity contribution in [2.24, 2.45) is 5.92 Å². The molecule has 1 aliphatic heterocycles. The van der Waals surface area contributed by atoms with Gasteiger partial charge in [-0.15, -0.1) is 11.3 Å². The van der Waals surface area contributed by atoms with E-state index >= 15 is 0 Å². The lowest BCUT2D eigenvalue weighted by Gasteiger charge is -2.23. The van der Waals surface area contributed by atoms with Crippen LogP contribution in [0.2, 0.25) is 0 Å². The van der Waals surface area contributed by atoms with Crippen LogP contribution in [0.4, 0.5) is 0 Å². The number of thiophene rings is 1. The number of carbonyl (C=O) groups excluding carboxylic acids is 2. The van der Waals surface area contributed by atoms with Gasteiger partial charge >= 0.3 is 0 Å². The summed E-state index contributed by atoms with van der Waals surface area (Å²) in [5.41, 5.74) is 1.11. The van der Waals surface area contributed by atoms with Gasteiger partial charge in [-0.05, 0) is 50.6 Å². The van der Waals surface area contributed by atoms with Crippen LogP contribution in [0.3, 0.4) is 0 Å². The number of unbranched alkanes of at least 4 members (excludes halogenated alkanes) is 16. The highest BCUT2D eigenvalue weighted by atomic mass is 79.9. The molecule has 3 nitrogen and oxygen atoms in total. The van der Waals surface area contributed by atoms with Crippen LogP contribution in [0, 0.1) is 5.92 Å². The van der Waals surface area contributed by atoms with E-state index in [0.717, 1.165) is 20.4 Å². The molecule has 6 heteroatoms. The van der Waals surface area contributed by atoms with E-state index in [9.17, 15) is 9.59 Å². The molecule has 2 amide bonds. The van der Waals surface area contributed by atoms with Gasteiger partial charge in [-0.25, -0.2) is 0 Å². The number of halogens is 2. The number of carbonyl (C=O) groups is 2. The molecule has 2 heterocycles. The van der Waals surface area contributed by atoms with Crippen molar-refractivity contribution in [1.29, 1.82) is 0 Å². The molecule has 206 valence electrons. The number of amides is 2. The van der Waals surface area contributed by atoms with Crippen LogP contribution in [0.5, 0.6) is 0 Å². The van der Waals surface area contributed by atoms with Crippen molar-refractivity contribution in [2.75, 3.05) is 6.54 Å². The molecule has 0 radical (unpaired) electrons. The Hall–Kier alpha value is -0.200. The van der Waals surface area contributed by atoms with Crippen molar-refractivity contribution in [1.82, 2.24) is 4.90 Å². The van der Waals surface area contributed by atoms with Gasteiger partial charge in [0.1, 0.15) is 0 Å². The molecule has 1 aromatic rings. The Labute approximate surface area is 241 Å². The fourth-order valence-electron chi connectivity index (χ4n) is 5.36. The van der Waals surface area contributed by atoms with Gasteiger partial charge in [-0.2, -0.15) is 0 Å². The zero-order valence-electron chi connectivity index (χ0n) is 22.9. The Bertz CT molecular complexity index is 743. The van der Waals surface area contributed by atoms with Crippen LogP contribution in [0.25, 0.3) is 0 Å². The predicted octanol–water partition coefficient (Wildman–Crippen LogP) is 11.3. The Balaban J connectivity index is 1.77. The second kappa shape index (κ2) is 19.0.